The number of rotatable bonds is 3. The first kappa shape index (κ1) is 14.7. The van der Waals surface area contributed by atoms with Crippen LogP contribution in [0.1, 0.15) is 19.3 Å². The molecule has 3 aliphatic carbocycles. The maximum absolute atomic E-state index is 5.47. The van der Waals surface area contributed by atoms with Gasteiger partial charge in [-0.25, -0.2) is 0 Å². The third kappa shape index (κ3) is 3.50. The molecule has 110 valence electrons. The molecule has 0 aromatic heterocycles. The lowest BCUT2D eigenvalue weighted by Gasteiger charge is -2.28. The van der Waals surface area contributed by atoms with Gasteiger partial charge in [-0.2, -0.15) is 0 Å². The van der Waals surface area contributed by atoms with Gasteiger partial charge in [-0.3, -0.25) is 0 Å². The minimum atomic E-state index is 0.231. The Bertz CT molecular complexity index is 574. The van der Waals surface area contributed by atoms with Crippen molar-refractivity contribution < 1.29 is 4.74 Å². The second kappa shape index (κ2) is 6.67. The van der Waals surface area contributed by atoms with Gasteiger partial charge >= 0.3 is 0 Å². The van der Waals surface area contributed by atoms with Gasteiger partial charge in [-0.1, -0.05) is 65.8 Å². The smallest absolute Gasteiger partial charge is 0.0792 e. The molecular formula is C19H22OS. The van der Waals surface area contributed by atoms with E-state index < -0.39 is 0 Å². The fraction of sp³-hybridized carbons (Fsp3) is 0.368. The van der Waals surface area contributed by atoms with E-state index in [-0.39, 0.29) is 6.10 Å². The predicted molar refractivity (Wildman–Crippen MR) is 92.3 cm³/mol. The van der Waals surface area contributed by atoms with Crippen molar-refractivity contribution in [1.82, 2.24) is 0 Å². The fourth-order valence-corrected chi connectivity index (χ4v) is 3.54. The van der Waals surface area contributed by atoms with E-state index in [4.69, 9.17) is 4.74 Å². The van der Waals surface area contributed by atoms with E-state index in [1.54, 1.807) is 7.11 Å². The molecule has 0 heterocycles. The summed E-state index contributed by atoms with van der Waals surface area (Å²) in [5, 5.41) is 0. The van der Waals surface area contributed by atoms with Crippen LogP contribution in [-0.2, 0) is 4.74 Å². The minimum Gasteiger partial charge on any atom is -0.377 e. The van der Waals surface area contributed by atoms with Crippen LogP contribution >= 0.6 is 12.6 Å². The Morgan fingerprint density at radius 3 is 2.19 bits per heavy atom. The first-order valence-electron chi connectivity index (χ1n) is 7.60. The van der Waals surface area contributed by atoms with Crippen molar-refractivity contribution in [3.63, 3.8) is 0 Å². The van der Waals surface area contributed by atoms with E-state index in [2.05, 4.69) is 67.3 Å². The zero-order valence-electron chi connectivity index (χ0n) is 12.4. The minimum absolute atomic E-state index is 0.231. The summed E-state index contributed by atoms with van der Waals surface area (Å²) in [6, 6.07) is 0. The van der Waals surface area contributed by atoms with Crippen molar-refractivity contribution in [2.24, 2.45) is 11.8 Å². The molecule has 3 rings (SSSR count). The molecule has 0 fully saturated rings. The largest absolute Gasteiger partial charge is 0.377 e. The SMILES string of the molecule is COC1C=CC=C(C2C=CC=C(C3C=CC=C(S)C3)C2)C1. The van der Waals surface area contributed by atoms with Crippen molar-refractivity contribution in [2.45, 2.75) is 25.4 Å². The summed E-state index contributed by atoms with van der Waals surface area (Å²) >= 11 is 4.52. The summed E-state index contributed by atoms with van der Waals surface area (Å²) in [5.74, 6) is 1.02. The summed E-state index contributed by atoms with van der Waals surface area (Å²) in [6.07, 6.45) is 23.3. The highest BCUT2D eigenvalue weighted by Gasteiger charge is 2.23. The zero-order chi connectivity index (χ0) is 14.7. The Balaban J connectivity index is 1.69. The van der Waals surface area contributed by atoms with E-state index in [9.17, 15) is 0 Å². The van der Waals surface area contributed by atoms with Crippen molar-refractivity contribution >= 4 is 12.6 Å². The number of methoxy groups -OCH3 is 1. The molecule has 0 bridgehead atoms. The second-order valence-electron chi connectivity index (χ2n) is 5.90. The third-order valence-electron chi connectivity index (χ3n) is 4.50. The van der Waals surface area contributed by atoms with Crippen LogP contribution in [0.5, 0.6) is 0 Å². The van der Waals surface area contributed by atoms with Crippen molar-refractivity contribution in [2.75, 3.05) is 7.11 Å². The quantitative estimate of drug-likeness (QED) is 0.738. The highest BCUT2D eigenvalue weighted by molar-refractivity contribution is 7.84. The molecule has 0 N–H and O–H groups in total. The van der Waals surface area contributed by atoms with Gasteiger partial charge in [-0.05, 0) is 24.2 Å². The molecule has 1 nitrogen and oxygen atoms in total. The molecule has 0 saturated heterocycles. The number of allylic oxidation sites excluding steroid dienone is 10. The van der Waals surface area contributed by atoms with Crippen molar-refractivity contribution in [3.8, 4) is 0 Å². The molecule has 0 amide bonds. The van der Waals surface area contributed by atoms with Crippen LogP contribution in [0.15, 0.2) is 70.7 Å². The topological polar surface area (TPSA) is 9.23 Å². The van der Waals surface area contributed by atoms with Crippen molar-refractivity contribution in [3.05, 3.63) is 70.7 Å². The standard InChI is InChI=1S/C19H22OS/c1-20-18-9-3-7-16(12-18)14-5-2-6-15(11-14)17-8-4-10-19(21)13-17/h2-10,14,17-18,21H,11-13H2,1H3. The molecule has 3 aliphatic rings. The fourth-order valence-electron chi connectivity index (χ4n) is 3.26. The Labute approximate surface area is 132 Å². The van der Waals surface area contributed by atoms with Gasteiger partial charge in [0.25, 0.3) is 0 Å². The van der Waals surface area contributed by atoms with Crippen LogP contribution in [0.2, 0.25) is 0 Å². The highest BCUT2D eigenvalue weighted by Crippen LogP contribution is 2.37. The Kier molecular flexibility index (Phi) is 4.67. The first-order valence-corrected chi connectivity index (χ1v) is 8.04. The maximum atomic E-state index is 5.47. The van der Waals surface area contributed by atoms with Gasteiger partial charge in [0.15, 0.2) is 0 Å². The molecule has 0 radical (unpaired) electrons. The lowest BCUT2D eigenvalue weighted by Crippen LogP contribution is -2.17. The maximum Gasteiger partial charge on any atom is 0.0792 e. The lowest BCUT2D eigenvalue weighted by atomic mass is 9.78. The summed E-state index contributed by atoms with van der Waals surface area (Å²) < 4.78 is 5.47. The van der Waals surface area contributed by atoms with Gasteiger partial charge in [0.05, 0.1) is 6.10 Å². The number of thiol groups is 1. The van der Waals surface area contributed by atoms with Crippen molar-refractivity contribution in [1.29, 1.82) is 0 Å². The molecule has 0 aromatic carbocycles. The summed E-state index contributed by atoms with van der Waals surface area (Å²) in [6.45, 7) is 0. The number of ether oxygens (including phenoxy) is 1. The molecule has 21 heavy (non-hydrogen) atoms. The van der Waals surface area contributed by atoms with E-state index in [1.807, 2.05) is 0 Å². The Hall–Kier alpha value is -1.25. The molecular weight excluding hydrogens is 276 g/mol. The zero-order valence-corrected chi connectivity index (χ0v) is 13.3. The van der Waals surface area contributed by atoms with Crippen LogP contribution in [-0.4, -0.2) is 13.2 Å². The first-order chi connectivity index (χ1) is 10.3. The average molecular weight is 298 g/mol. The average Bonchev–Trinajstić information content (AvgIpc) is 2.55. The number of hydrogen-bond donors (Lipinski definition) is 1. The normalized spacial score (nSPS) is 31.7. The third-order valence-corrected chi connectivity index (χ3v) is 4.83. The van der Waals surface area contributed by atoms with E-state index in [0.29, 0.717) is 11.8 Å². The molecule has 2 heteroatoms. The number of hydrogen-bond acceptors (Lipinski definition) is 2. The van der Waals surface area contributed by atoms with Gasteiger partial charge in [0.1, 0.15) is 0 Å². The molecule has 0 aromatic rings. The summed E-state index contributed by atoms with van der Waals surface area (Å²) in [7, 11) is 1.79. The van der Waals surface area contributed by atoms with E-state index >= 15 is 0 Å². The second-order valence-corrected chi connectivity index (χ2v) is 6.47. The monoisotopic (exact) mass is 298 g/mol. The summed E-state index contributed by atoms with van der Waals surface area (Å²) in [5.41, 5.74) is 3.00. The van der Waals surface area contributed by atoms with Gasteiger partial charge < -0.3 is 4.74 Å². The van der Waals surface area contributed by atoms with Gasteiger partial charge in [0.2, 0.25) is 0 Å². The van der Waals surface area contributed by atoms with Crippen LogP contribution in [0, 0.1) is 11.8 Å². The summed E-state index contributed by atoms with van der Waals surface area (Å²) in [4.78, 5) is 1.17. The van der Waals surface area contributed by atoms with Crippen LogP contribution in [0.25, 0.3) is 0 Å². The Morgan fingerprint density at radius 2 is 1.48 bits per heavy atom. The van der Waals surface area contributed by atoms with Gasteiger partial charge in [-0.15, -0.1) is 12.6 Å². The van der Waals surface area contributed by atoms with E-state index in [0.717, 1.165) is 19.3 Å². The molecule has 3 atom stereocenters. The predicted octanol–water partition coefficient (Wildman–Crippen LogP) is 4.78. The van der Waals surface area contributed by atoms with Crippen LogP contribution in [0.4, 0.5) is 0 Å². The molecule has 0 aliphatic heterocycles. The Morgan fingerprint density at radius 1 is 0.857 bits per heavy atom. The molecule has 0 saturated carbocycles. The van der Waals surface area contributed by atoms with Crippen LogP contribution < -0.4 is 0 Å². The van der Waals surface area contributed by atoms with Crippen LogP contribution in [0.3, 0.4) is 0 Å². The van der Waals surface area contributed by atoms with E-state index in [1.165, 1.54) is 16.1 Å². The highest BCUT2D eigenvalue weighted by atomic mass is 32.1. The lowest BCUT2D eigenvalue weighted by molar-refractivity contribution is 0.138. The molecule has 0 spiro atoms. The van der Waals surface area contributed by atoms with Gasteiger partial charge in [0, 0.05) is 18.9 Å². The molecule has 3 unspecified atom stereocenters.